The summed E-state index contributed by atoms with van der Waals surface area (Å²) >= 11 is 0. The van der Waals surface area contributed by atoms with Gasteiger partial charge in [-0.05, 0) is 12.1 Å². The predicted molar refractivity (Wildman–Crippen MR) is 90.0 cm³/mol. The van der Waals surface area contributed by atoms with Crippen molar-refractivity contribution in [1.29, 1.82) is 0 Å². The van der Waals surface area contributed by atoms with Gasteiger partial charge in [-0.15, -0.1) is 0 Å². The van der Waals surface area contributed by atoms with Gasteiger partial charge >= 0.3 is 0 Å². The number of hydrogen-bond acceptors (Lipinski definition) is 4. The molecule has 1 amide bonds. The van der Waals surface area contributed by atoms with E-state index in [0.717, 1.165) is 0 Å². The van der Waals surface area contributed by atoms with E-state index in [2.05, 4.69) is 10.0 Å². The molecule has 0 saturated carbocycles. The van der Waals surface area contributed by atoms with Gasteiger partial charge in [0.2, 0.25) is 22.3 Å². The Kier molecular flexibility index (Phi) is 5.45. The van der Waals surface area contributed by atoms with E-state index in [0.29, 0.717) is 13.0 Å². The predicted octanol–water partition coefficient (Wildman–Crippen LogP) is 0.809. The minimum atomic E-state index is -3.61. The molecule has 0 radical (unpaired) electrons. The number of benzene rings is 1. The number of aryl methyl sites for hydroxylation is 2. The van der Waals surface area contributed by atoms with Crippen LogP contribution in [-0.2, 0) is 28.4 Å². The Bertz CT molecular complexity index is 830. The van der Waals surface area contributed by atoms with E-state index < -0.39 is 10.0 Å². The molecule has 0 bridgehead atoms. The largest absolute Gasteiger partial charge is 0.504 e. The molecule has 0 fully saturated rings. The second-order valence-corrected chi connectivity index (χ2v) is 7.32. The van der Waals surface area contributed by atoms with Crippen LogP contribution in [0.2, 0.25) is 0 Å². The summed E-state index contributed by atoms with van der Waals surface area (Å²) in [5.74, 6) is -0.752. The van der Waals surface area contributed by atoms with Crippen molar-refractivity contribution in [2.75, 3.05) is 15.8 Å². The van der Waals surface area contributed by atoms with Crippen LogP contribution in [0.1, 0.15) is 13.3 Å². The minimum absolute atomic E-state index is 0.0358. The van der Waals surface area contributed by atoms with E-state index in [9.17, 15) is 18.3 Å². The number of hydrogen-bond donors (Lipinski definition) is 3. The molecule has 1 heterocycles. The molecule has 0 aliphatic rings. The Balaban J connectivity index is 1.99. The number of nitrogens with one attached hydrogen (secondary N) is 2. The van der Waals surface area contributed by atoms with Gasteiger partial charge in [-0.2, -0.15) is 0 Å². The summed E-state index contributed by atoms with van der Waals surface area (Å²) in [6, 6.07) is 4.47. The molecule has 0 saturated heterocycles. The summed E-state index contributed by atoms with van der Waals surface area (Å²) in [5, 5.41) is 12.5. The molecular formula is C15H21N4O4S+. The summed E-state index contributed by atoms with van der Waals surface area (Å²) in [6.07, 6.45) is 6.03. The molecule has 0 unspecified atom stereocenters. The molecule has 130 valence electrons. The topological polar surface area (TPSA) is 104 Å². The van der Waals surface area contributed by atoms with Gasteiger partial charge in [-0.25, -0.2) is 17.6 Å². The third-order valence-corrected chi connectivity index (χ3v) is 4.62. The van der Waals surface area contributed by atoms with Crippen LogP contribution in [0.3, 0.4) is 0 Å². The number of phenolic OH excluding ortho intramolecular Hbond substituents is 1. The molecule has 2 aromatic rings. The smallest absolute Gasteiger partial charge is 0.243 e. The maximum absolute atomic E-state index is 12.2. The molecule has 9 heteroatoms. The zero-order chi connectivity index (χ0) is 17.7. The zero-order valence-corrected chi connectivity index (χ0v) is 14.4. The van der Waals surface area contributed by atoms with Crippen molar-refractivity contribution in [2.24, 2.45) is 7.05 Å². The van der Waals surface area contributed by atoms with Crippen LogP contribution in [0, 0.1) is 0 Å². The first kappa shape index (κ1) is 17.8. The van der Waals surface area contributed by atoms with E-state index in [1.165, 1.54) is 19.1 Å². The number of nitrogens with zero attached hydrogens (tertiary/aromatic N) is 2. The zero-order valence-electron chi connectivity index (χ0n) is 13.6. The highest BCUT2D eigenvalue weighted by Crippen LogP contribution is 2.32. The van der Waals surface area contributed by atoms with Crippen LogP contribution < -0.4 is 14.6 Å². The molecule has 0 aliphatic heterocycles. The average Bonchev–Trinajstić information content (AvgIpc) is 2.88. The first-order valence-electron chi connectivity index (χ1n) is 7.38. The normalized spacial score (nSPS) is 11.2. The lowest BCUT2D eigenvalue weighted by Crippen LogP contribution is -2.24. The van der Waals surface area contributed by atoms with E-state index in [1.54, 1.807) is 6.07 Å². The van der Waals surface area contributed by atoms with Gasteiger partial charge < -0.3 is 10.4 Å². The molecule has 0 spiro atoms. The van der Waals surface area contributed by atoms with Crippen molar-refractivity contribution in [2.45, 2.75) is 19.9 Å². The Morgan fingerprint density at radius 2 is 2.04 bits per heavy atom. The lowest BCUT2D eigenvalue weighted by atomic mass is 10.2. The van der Waals surface area contributed by atoms with Crippen molar-refractivity contribution >= 4 is 27.3 Å². The van der Waals surface area contributed by atoms with Crippen LogP contribution in [-0.4, -0.2) is 29.8 Å². The second-order valence-electron chi connectivity index (χ2n) is 5.47. The second kappa shape index (κ2) is 7.35. The molecule has 24 heavy (non-hydrogen) atoms. The quantitative estimate of drug-likeness (QED) is 0.506. The van der Waals surface area contributed by atoms with Crippen LogP contribution in [0.4, 0.5) is 11.4 Å². The Morgan fingerprint density at radius 3 is 2.67 bits per heavy atom. The number of amides is 1. The fraction of sp³-hybridized carbons (Fsp3) is 0.333. The standard InChI is InChI=1S/C15H20N4O4S/c1-12(20)16-13-5-3-6-14(15(13)21)17-24(22,23)10-4-7-19-9-8-18(2)11-19/h3,5-6,8-9,11,17H,4,7,10H2,1-2H3,(H-,16,20,21)/p+1. The van der Waals surface area contributed by atoms with Gasteiger partial charge in [0.15, 0.2) is 5.75 Å². The van der Waals surface area contributed by atoms with E-state index in [4.69, 9.17) is 0 Å². The molecule has 0 aliphatic carbocycles. The summed E-state index contributed by atoms with van der Waals surface area (Å²) in [6.45, 7) is 1.87. The third-order valence-electron chi connectivity index (χ3n) is 3.27. The number of sulfonamides is 1. The number of aromatic nitrogens is 2. The first-order valence-corrected chi connectivity index (χ1v) is 9.03. The molecular weight excluding hydrogens is 332 g/mol. The van der Waals surface area contributed by atoms with Gasteiger partial charge in [-0.3, -0.25) is 9.52 Å². The Labute approximate surface area is 140 Å². The van der Waals surface area contributed by atoms with Crippen LogP contribution in [0.25, 0.3) is 0 Å². The van der Waals surface area contributed by atoms with Crippen molar-refractivity contribution in [3.63, 3.8) is 0 Å². The molecule has 2 rings (SSSR count). The SMILES string of the molecule is CC(=O)Nc1cccc(NS(=O)(=O)CCCn2cc[n+](C)c2)c1O. The van der Waals surface area contributed by atoms with Crippen LogP contribution in [0.5, 0.6) is 5.75 Å². The monoisotopic (exact) mass is 353 g/mol. The number of aromatic hydroxyl groups is 1. The molecule has 1 aromatic heterocycles. The van der Waals surface area contributed by atoms with E-state index in [1.807, 2.05) is 34.9 Å². The van der Waals surface area contributed by atoms with Crippen molar-refractivity contribution in [3.8, 4) is 5.75 Å². The van der Waals surface area contributed by atoms with E-state index >= 15 is 0 Å². The fourth-order valence-corrected chi connectivity index (χ4v) is 3.32. The van der Waals surface area contributed by atoms with Crippen molar-refractivity contribution in [1.82, 2.24) is 4.57 Å². The number of para-hydroxylation sites is 1. The van der Waals surface area contributed by atoms with Gasteiger partial charge in [0, 0.05) is 13.3 Å². The summed E-state index contributed by atoms with van der Waals surface area (Å²) < 4.78 is 30.4. The Morgan fingerprint density at radius 1 is 1.33 bits per heavy atom. The van der Waals surface area contributed by atoms with Crippen LogP contribution in [0.15, 0.2) is 36.9 Å². The third kappa shape index (κ3) is 4.98. The number of carbonyl (C=O) groups excluding carboxylic acids is 1. The number of anilines is 2. The summed E-state index contributed by atoms with van der Waals surface area (Å²) in [5.41, 5.74) is 0.191. The minimum Gasteiger partial charge on any atom is -0.504 e. The van der Waals surface area contributed by atoms with Gasteiger partial charge in [0.25, 0.3) is 0 Å². The highest BCUT2D eigenvalue weighted by Gasteiger charge is 2.16. The maximum Gasteiger partial charge on any atom is 0.243 e. The highest BCUT2D eigenvalue weighted by molar-refractivity contribution is 7.92. The molecule has 3 N–H and O–H groups in total. The van der Waals surface area contributed by atoms with Crippen molar-refractivity contribution in [3.05, 3.63) is 36.9 Å². The number of imidazole rings is 1. The highest BCUT2D eigenvalue weighted by atomic mass is 32.2. The lowest BCUT2D eigenvalue weighted by Gasteiger charge is -2.12. The maximum atomic E-state index is 12.2. The Hall–Kier alpha value is -2.55. The van der Waals surface area contributed by atoms with Crippen molar-refractivity contribution < 1.29 is 22.9 Å². The van der Waals surface area contributed by atoms with Gasteiger partial charge in [0.05, 0.1) is 30.7 Å². The summed E-state index contributed by atoms with van der Waals surface area (Å²) in [4.78, 5) is 11.1. The van der Waals surface area contributed by atoms with Gasteiger partial charge in [0.1, 0.15) is 12.4 Å². The van der Waals surface area contributed by atoms with E-state index in [-0.39, 0.29) is 28.8 Å². The average molecular weight is 353 g/mol. The summed E-state index contributed by atoms with van der Waals surface area (Å²) in [7, 11) is -1.72. The molecule has 8 nitrogen and oxygen atoms in total. The fourth-order valence-electron chi connectivity index (χ4n) is 2.21. The number of phenols is 1. The lowest BCUT2D eigenvalue weighted by molar-refractivity contribution is -0.671. The first-order chi connectivity index (χ1) is 11.3. The molecule has 1 aromatic carbocycles. The van der Waals surface area contributed by atoms with Crippen LogP contribution >= 0.6 is 0 Å². The number of carbonyl (C=O) groups is 1. The van der Waals surface area contributed by atoms with Gasteiger partial charge in [-0.1, -0.05) is 6.07 Å². The molecule has 0 atom stereocenters. The number of rotatable bonds is 7.